The highest BCUT2D eigenvalue weighted by molar-refractivity contribution is 6.99. The van der Waals surface area contributed by atoms with Gasteiger partial charge in [-0.15, -0.1) is 0 Å². The Labute approximate surface area is 187 Å². The smallest absolute Gasteiger partial charge is 0.261 e. The third kappa shape index (κ3) is 4.95. The summed E-state index contributed by atoms with van der Waals surface area (Å²) in [5.74, 6) is -0.870. The topological polar surface area (TPSA) is 68.2 Å². The lowest BCUT2D eigenvalue weighted by Crippen LogP contribution is -2.67. The van der Waals surface area contributed by atoms with Crippen LogP contribution in [0.5, 0.6) is 0 Å². The molecule has 1 aliphatic rings. The summed E-state index contributed by atoms with van der Waals surface area (Å²) in [6.45, 7) is 11.9. The van der Waals surface area contributed by atoms with Gasteiger partial charge in [-0.25, -0.2) is 0 Å². The van der Waals surface area contributed by atoms with E-state index in [9.17, 15) is 10.2 Å². The van der Waals surface area contributed by atoms with Crippen LogP contribution in [0, 0.1) is 0 Å². The third-order valence-corrected chi connectivity index (χ3v) is 10.9. The van der Waals surface area contributed by atoms with Crippen molar-refractivity contribution in [1.82, 2.24) is 0 Å². The van der Waals surface area contributed by atoms with Gasteiger partial charge in [-0.1, -0.05) is 81.4 Å². The highest BCUT2D eigenvalue weighted by atomic mass is 28.4. The average molecular weight is 445 g/mol. The van der Waals surface area contributed by atoms with Crippen molar-refractivity contribution < 1.29 is 24.1 Å². The first-order valence-corrected chi connectivity index (χ1v) is 12.9. The van der Waals surface area contributed by atoms with E-state index in [0.29, 0.717) is 0 Å². The number of ether oxygens (including phenoxy) is 2. The molecule has 0 aromatic heterocycles. The Kier molecular flexibility index (Phi) is 7.10. The minimum absolute atomic E-state index is 0.0839. The molecule has 6 heteroatoms. The number of aliphatic hydroxyl groups excluding tert-OH is 2. The first kappa shape index (κ1) is 24.1. The maximum absolute atomic E-state index is 11.1. The normalized spacial score (nSPS) is 23.5. The molecule has 3 rings (SSSR count). The van der Waals surface area contributed by atoms with E-state index in [1.165, 1.54) is 0 Å². The highest BCUT2D eigenvalue weighted by Crippen LogP contribution is 2.38. The summed E-state index contributed by atoms with van der Waals surface area (Å²) in [4.78, 5) is 0. The molecule has 2 aromatic rings. The number of hydrogen-bond acceptors (Lipinski definition) is 5. The van der Waals surface area contributed by atoms with E-state index in [-0.39, 0.29) is 11.6 Å². The minimum Gasteiger partial charge on any atom is -0.405 e. The second kappa shape index (κ2) is 9.14. The summed E-state index contributed by atoms with van der Waals surface area (Å²) >= 11 is 0. The molecule has 31 heavy (non-hydrogen) atoms. The van der Waals surface area contributed by atoms with E-state index < -0.39 is 38.5 Å². The zero-order valence-electron chi connectivity index (χ0n) is 19.4. The van der Waals surface area contributed by atoms with Gasteiger partial charge in [0, 0.05) is 0 Å². The van der Waals surface area contributed by atoms with Crippen LogP contribution in [0.15, 0.2) is 60.7 Å². The molecule has 0 unspecified atom stereocenters. The molecule has 1 heterocycles. The van der Waals surface area contributed by atoms with E-state index in [1.807, 2.05) is 36.4 Å². The number of aliphatic hydroxyl groups is 2. The summed E-state index contributed by atoms with van der Waals surface area (Å²) in [5.41, 5.74) is 0. The predicted octanol–water partition coefficient (Wildman–Crippen LogP) is 2.82. The first-order chi connectivity index (χ1) is 14.5. The molecule has 0 radical (unpaired) electrons. The van der Waals surface area contributed by atoms with Crippen molar-refractivity contribution in [3.8, 4) is 0 Å². The molecule has 170 valence electrons. The molecule has 5 nitrogen and oxygen atoms in total. The van der Waals surface area contributed by atoms with Gasteiger partial charge in [0.15, 0.2) is 5.79 Å². The Hall–Kier alpha value is -1.54. The van der Waals surface area contributed by atoms with Crippen LogP contribution in [-0.4, -0.2) is 55.3 Å². The maximum Gasteiger partial charge on any atom is 0.261 e. The van der Waals surface area contributed by atoms with Gasteiger partial charge in [0.05, 0.1) is 12.7 Å². The lowest BCUT2D eigenvalue weighted by atomic mass is 10.1. The quantitative estimate of drug-likeness (QED) is 0.643. The SMILES string of the molecule is C[C@@H](O)[C@@H]1OC(C)(C)O[C@@H]1[C@H](O)CO[Si](c1ccccc1)(c1ccccc1)C(C)(C)C. The molecule has 2 N–H and O–H groups in total. The zero-order valence-corrected chi connectivity index (χ0v) is 20.4. The molecular weight excluding hydrogens is 408 g/mol. The van der Waals surface area contributed by atoms with Crippen LogP contribution in [0.25, 0.3) is 0 Å². The van der Waals surface area contributed by atoms with Crippen molar-refractivity contribution >= 4 is 18.7 Å². The lowest BCUT2D eigenvalue weighted by molar-refractivity contribution is -0.161. The van der Waals surface area contributed by atoms with E-state index in [0.717, 1.165) is 10.4 Å². The average Bonchev–Trinajstić information content (AvgIpc) is 3.05. The first-order valence-electron chi connectivity index (χ1n) is 10.9. The van der Waals surface area contributed by atoms with Gasteiger partial charge in [-0.2, -0.15) is 0 Å². The molecule has 1 saturated heterocycles. The maximum atomic E-state index is 11.1. The van der Waals surface area contributed by atoms with Crippen LogP contribution in [-0.2, 0) is 13.9 Å². The van der Waals surface area contributed by atoms with Gasteiger partial charge in [0.2, 0.25) is 0 Å². The minimum atomic E-state index is -2.77. The third-order valence-electron chi connectivity index (χ3n) is 5.91. The standard InChI is InChI=1S/C25H36O5Si/c1-18(26)22-23(30-25(5,6)29-22)21(27)17-28-31(24(2,3)4,19-13-9-7-10-14-19)20-15-11-8-12-16-20/h7-16,18,21-23,26-27H,17H2,1-6H3/t18-,21-,22+,23-/m1/s1. The summed E-state index contributed by atoms with van der Waals surface area (Å²) in [5, 5.41) is 23.4. The number of hydrogen-bond donors (Lipinski definition) is 2. The highest BCUT2D eigenvalue weighted by Gasteiger charge is 2.52. The molecule has 0 amide bonds. The molecule has 1 aliphatic heterocycles. The van der Waals surface area contributed by atoms with Crippen LogP contribution >= 0.6 is 0 Å². The Balaban J connectivity index is 1.96. The molecule has 0 saturated carbocycles. The Morgan fingerprint density at radius 1 is 0.903 bits per heavy atom. The Morgan fingerprint density at radius 2 is 1.35 bits per heavy atom. The summed E-state index contributed by atoms with van der Waals surface area (Å²) in [7, 11) is -2.77. The largest absolute Gasteiger partial charge is 0.405 e. The molecule has 2 aromatic carbocycles. The molecule has 4 atom stereocenters. The molecular formula is C25H36O5Si. The van der Waals surface area contributed by atoms with Gasteiger partial charge in [-0.05, 0) is 36.2 Å². The van der Waals surface area contributed by atoms with Crippen LogP contribution in [0.2, 0.25) is 5.04 Å². The van der Waals surface area contributed by atoms with Gasteiger partial charge in [0.25, 0.3) is 8.32 Å². The second-order valence-electron chi connectivity index (χ2n) is 9.85. The predicted molar refractivity (Wildman–Crippen MR) is 125 cm³/mol. The molecule has 1 fully saturated rings. The van der Waals surface area contributed by atoms with Crippen molar-refractivity contribution in [3.05, 3.63) is 60.7 Å². The molecule has 0 spiro atoms. The van der Waals surface area contributed by atoms with Gasteiger partial charge < -0.3 is 24.1 Å². The summed E-state index contributed by atoms with van der Waals surface area (Å²) in [6.07, 6.45) is -3.00. The second-order valence-corrected chi connectivity index (χ2v) is 14.2. The van der Waals surface area contributed by atoms with Gasteiger partial charge >= 0.3 is 0 Å². The van der Waals surface area contributed by atoms with Crippen LogP contribution in [0.1, 0.15) is 41.5 Å². The Bertz CT molecular complexity index is 792. The monoisotopic (exact) mass is 444 g/mol. The molecule has 0 aliphatic carbocycles. The zero-order chi connectivity index (χ0) is 22.9. The molecule has 0 bridgehead atoms. The van der Waals surface area contributed by atoms with Crippen LogP contribution in [0.3, 0.4) is 0 Å². The number of benzene rings is 2. The van der Waals surface area contributed by atoms with Crippen LogP contribution < -0.4 is 10.4 Å². The van der Waals surface area contributed by atoms with Crippen molar-refractivity contribution in [2.75, 3.05) is 6.61 Å². The van der Waals surface area contributed by atoms with E-state index >= 15 is 0 Å². The lowest BCUT2D eigenvalue weighted by Gasteiger charge is -2.43. The fourth-order valence-electron chi connectivity index (χ4n) is 4.55. The van der Waals surface area contributed by atoms with Crippen molar-refractivity contribution in [2.45, 2.75) is 76.8 Å². The van der Waals surface area contributed by atoms with Crippen LogP contribution in [0.4, 0.5) is 0 Å². The van der Waals surface area contributed by atoms with E-state index in [1.54, 1.807) is 20.8 Å². The van der Waals surface area contributed by atoms with Gasteiger partial charge in [0.1, 0.15) is 18.3 Å². The van der Waals surface area contributed by atoms with Crippen molar-refractivity contribution in [3.63, 3.8) is 0 Å². The summed E-state index contributed by atoms with van der Waals surface area (Å²) in [6, 6.07) is 20.6. The van der Waals surface area contributed by atoms with Crippen molar-refractivity contribution in [2.24, 2.45) is 0 Å². The van der Waals surface area contributed by atoms with E-state index in [4.69, 9.17) is 13.9 Å². The number of rotatable bonds is 7. The Morgan fingerprint density at radius 3 is 1.77 bits per heavy atom. The fourth-order valence-corrected chi connectivity index (χ4v) is 9.13. The summed E-state index contributed by atoms with van der Waals surface area (Å²) < 4.78 is 18.6. The fraction of sp³-hybridized carbons (Fsp3) is 0.520. The van der Waals surface area contributed by atoms with E-state index in [2.05, 4.69) is 45.0 Å². The van der Waals surface area contributed by atoms with Gasteiger partial charge in [-0.3, -0.25) is 0 Å². The van der Waals surface area contributed by atoms with Crippen molar-refractivity contribution in [1.29, 1.82) is 0 Å².